The summed E-state index contributed by atoms with van der Waals surface area (Å²) in [5.41, 5.74) is 2.54. The van der Waals surface area contributed by atoms with Gasteiger partial charge in [-0.25, -0.2) is 4.98 Å². The summed E-state index contributed by atoms with van der Waals surface area (Å²) >= 11 is 0. The van der Waals surface area contributed by atoms with Crippen molar-refractivity contribution in [3.63, 3.8) is 0 Å². The molecule has 23 heavy (non-hydrogen) atoms. The van der Waals surface area contributed by atoms with Gasteiger partial charge in [-0.15, -0.1) is 6.58 Å². The molecule has 0 fully saturated rings. The van der Waals surface area contributed by atoms with Crippen LogP contribution in [0, 0.1) is 6.92 Å². The van der Waals surface area contributed by atoms with Gasteiger partial charge in [0.15, 0.2) is 5.43 Å². The highest BCUT2D eigenvalue weighted by atomic mass is 16.1. The summed E-state index contributed by atoms with van der Waals surface area (Å²) in [7, 11) is 0. The highest BCUT2D eigenvalue weighted by Gasteiger charge is 2.10. The molecule has 0 radical (unpaired) electrons. The van der Waals surface area contributed by atoms with Gasteiger partial charge >= 0.3 is 0 Å². The number of aromatic amines is 1. The molecule has 0 amide bonds. The second kappa shape index (κ2) is 6.52. The number of aryl methyl sites for hydroxylation is 1. The predicted molar refractivity (Wildman–Crippen MR) is 95.9 cm³/mol. The van der Waals surface area contributed by atoms with Crippen molar-refractivity contribution in [2.75, 3.05) is 17.2 Å². The maximum Gasteiger partial charge on any atom is 0.195 e. The molecule has 2 aromatic heterocycles. The number of anilines is 2. The van der Waals surface area contributed by atoms with Gasteiger partial charge in [0.05, 0.1) is 10.9 Å². The first-order valence-corrected chi connectivity index (χ1v) is 7.70. The molecule has 118 valence electrons. The third kappa shape index (κ3) is 3.34. The number of rotatable bonds is 5. The van der Waals surface area contributed by atoms with Gasteiger partial charge in [-0.1, -0.05) is 18.2 Å². The fraction of sp³-hybridized carbons (Fsp3) is 0.222. The van der Waals surface area contributed by atoms with Crippen molar-refractivity contribution in [2.45, 2.75) is 19.8 Å². The van der Waals surface area contributed by atoms with Crippen LogP contribution in [0.4, 0.5) is 11.6 Å². The number of hydrogen-bond donors (Lipinski definition) is 3. The summed E-state index contributed by atoms with van der Waals surface area (Å²) in [6.45, 7) is 6.15. The van der Waals surface area contributed by atoms with E-state index in [-0.39, 0.29) is 5.43 Å². The Hall–Kier alpha value is -2.82. The first-order valence-electron chi connectivity index (χ1n) is 7.70. The minimum Gasteiger partial charge on any atom is -0.366 e. The van der Waals surface area contributed by atoms with Crippen molar-refractivity contribution in [3.8, 4) is 0 Å². The largest absolute Gasteiger partial charge is 0.366 e. The van der Waals surface area contributed by atoms with E-state index >= 15 is 0 Å². The van der Waals surface area contributed by atoms with Gasteiger partial charge in [-0.2, -0.15) is 0 Å². The van der Waals surface area contributed by atoms with Crippen LogP contribution in [0.1, 0.15) is 18.5 Å². The molecule has 5 heteroatoms. The molecule has 1 aliphatic carbocycles. The normalized spacial score (nSPS) is 13.7. The number of pyridine rings is 2. The molecule has 5 nitrogen and oxygen atoms in total. The maximum atomic E-state index is 12.5. The van der Waals surface area contributed by atoms with Gasteiger partial charge < -0.3 is 15.6 Å². The Labute approximate surface area is 134 Å². The van der Waals surface area contributed by atoms with Crippen LogP contribution < -0.4 is 16.1 Å². The Morgan fingerprint density at radius 1 is 1.39 bits per heavy atom. The zero-order chi connectivity index (χ0) is 16.2. The average molecular weight is 308 g/mol. The Balaban J connectivity index is 2.04. The lowest BCUT2D eigenvalue weighted by molar-refractivity contribution is 1.02. The van der Waals surface area contributed by atoms with E-state index in [9.17, 15) is 4.79 Å². The lowest BCUT2D eigenvalue weighted by atomic mass is 10.1. The zero-order valence-electron chi connectivity index (χ0n) is 13.1. The third-order valence-corrected chi connectivity index (χ3v) is 3.63. The van der Waals surface area contributed by atoms with Crippen LogP contribution in [0.5, 0.6) is 0 Å². The highest BCUT2D eigenvalue weighted by molar-refractivity contribution is 5.90. The van der Waals surface area contributed by atoms with Crippen molar-refractivity contribution in [1.82, 2.24) is 9.97 Å². The van der Waals surface area contributed by atoms with E-state index in [1.165, 1.54) is 0 Å². The summed E-state index contributed by atoms with van der Waals surface area (Å²) < 4.78 is 0. The molecule has 0 aliphatic heterocycles. The van der Waals surface area contributed by atoms with Crippen LogP contribution >= 0.6 is 0 Å². The molecule has 0 saturated heterocycles. The van der Waals surface area contributed by atoms with Gasteiger partial charge in [0, 0.05) is 24.0 Å². The zero-order valence-corrected chi connectivity index (χ0v) is 13.1. The molecular formula is C18H20N4O. The summed E-state index contributed by atoms with van der Waals surface area (Å²) in [5, 5.41) is 6.95. The molecule has 3 rings (SSSR count). The molecule has 0 atom stereocenters. The number of aromatic nitrogens is 2. The quantitative estimate of drug-likeness (QED) is 0.740. The van der Waals surface area contributed by atoms with Crippen LogP contribution in [0.2, 0.25) is 0 Å². The van der Waals surface area contributed by atoms with Crippen molar-refractivity contribution in [1.29, 1.82) is 0 Å². The Morgan fingerprint density at radius 2 is 2.26 bits per heavy atom. The lowest BCUT2D eigenvalue weighted by Crippen LogP contribution is -2.12. The number of H-pyrrole nitrogens is 1. The van der Waals surface area contributed by atoms with Crippen LogP contribution in [0.3, 0.4) is 0 Å². The average Bonchev–Trinajstić information content (AvgIpc) is 2.53. The number of fused-ring (bicyclic) bond motifs is 1. The molecular weight excluding hydrogens is 288 g/mol. The summed E-state index contributed by atoms with van der Waals surface area (Å²) in [4.78, 5) is 20.2. The lowest BCUT2D eigenvalue weighted by Gasteiger charge is -2.13. The highest BCUT2D eigenvalue weighted by Crippen LogP contribution is 2.20. The standard InChI is InChI=1S/C18H20N4O/c1-3-9-19-18-17-14(10-12(2)20-18)22-16(11-15(17)23)21-13-7-5-4-6-8-13/h3,5,7-8,10-11H,1,4,6,9H2,2H3,(H,19,20)(H2,21,22,23). The molecule has 0 bridgehead atoms. The molecule has 2 heterocycles. The van der Waals surface area contributed by atoms with Crippen LogP contribution in [-0.4, -0.2) is 16.5 Å². The van der Waals surface area contributed by atoms with E-state index in [1.54, 1.807) is 12.1 Å². The van der Waals surface area contributed by atoms with E-state index < -0.39 is 0 Å². The Morgan fingerprint density at radius 3 is 3.00 bits per heavy atom. The SMILES string of the molecule is C=CCNc1nc(C)cc2[nH]c(NC3=CCCC=C3)cc(=O)c12. The molecule has 0 unspecified atom stereocenters. The van der Waals surface area contributed by atoms with Crippen LogP contribution in [-0.2, 0) is 0 Å². The number of nitrogens with zero attached hydrogens (tertiary/aromatic N) is 1. The fourth-order valence-electron chi connectivity index (χ4n) is 2.63. The molecule has 2 aromatic rings. The predicted octanol–water partition coefficient (Wildman–Crippen LogP) is 3.48. The van der Waals surface area contributed by atoms with Crippen LogP contribution in [0.15, 0.2) is 53.5 Å². The molecule has 0 saturated carbocycles. The maximum absolute atomic E-state index is 12.5. The van der Waals surface area contributed by atoms with Crippen molar-refractivity contribution in [2.24, 2.45) is 0 Å². The first kappa shape index (κ1) is 15.1. The fourth-order valence-corrected chi connectivity index (χ4v) is 2.63. The van der Waals surface area contributed by atoms with E-state index in [2.05, 4.69) is 39.3 Å². The molecule has 0 spiro atoms. The summed E-state index contributed by atoms with van der Waals surface area (Å²) in [6, 6.07) is 3.45. The second-order valence-corrected chi connectivity index (χ2v) is 5.52. The van der Waals surface area contributed by atoms with E-state index in [0.29, 0.717) is 23.6 Å². The van der Waals surface area contributed by atoms with Crippen molar-refractivity contribution in [3.05, 3.63) is 64.6 Å². The van der Waals surface area contributed by atoms with E-state index in [4.69, 9.17) is 0 Å². The number of nitrogens with one attached hydrogen (secondary N) is 3. The molecule has 1 aliphatic rings. The second-order valence-electron chi connectivity index (χ2n) is 5.52. The Bertz CT molecular complexity index is 861. The summed E-state index contributed by atoms with van der Waals surface area (Å²) in [6.07, 6.45) is 10.1. The van der Waals surface area contributed by atoms with Gasteiger partial charge in [0.2, 0.25) is 0 Å². The van der Waals surface area contributed by atoms with Gasteiger partial charge in [0.25, 0.3) is 0 Å². The van der Waals surface area contributed by atoms with Gasteiger partial charge in [-0.3, -0.25) is 4.79 Å². The minimum absolute atomic E-state index is 0.0688. The van der Waals surface area contributed by atoms with E-state index in [1.807, 2.05) is 19.1 Å². The van der Waals surface area contributed by atoms with Crippen LogP contribution in [0.25, 0.3) is 10.9 Å². The van der Waals surface area contributed by atoms with Gasteiger partial charge in [-0.05, 0) is 31.9 Å². The monoisotopic (exact) mass is 308 g/mol. The van der Waals surface area contributed by atoms with Crippen molar-refractivity contribution >= 4 is 22.5 Å². The number of hydrogen-bond acceptors (Lipinski definition) is 4. The summed E-state index contributed by atoms with van der Waals surface area (Å²) in [5.74, 6) is 1.27. The smallest absolute Gasteiger partial charge is 0.195 e. The van der Waals surface area contributed by atoms with E-state index in [0.717, 1.165) is 29.7 Å². The van der Waals surface area contributed by atoms with Gasteiger partial charge in [0.1, 0.15) is 11.6 Å². The molecule has 3 N–H and O–H groups in total. The first-order chi connectivity index (χ1) is 11.2. The molecule has 0 aromatic carbocycles. The topological polar surface area (TPSA) is 69.8 Å². The Kier molecular flexibility index (Phi) is 4.28. The minimum atomic E-state index is -0.0688. The third-order valence-electron chi connectivity index (χ3n) is 3.63. The van der Waals surface area contributed by atoms with Crippen molar-refractivity contribution < 1.29 is 0 Å². The number of allylic oxidation sites excluding steroid dienone is 3.